The first-order valence-corrected chi connectivity index (χ1v) is 12.1. The number of hydrogen-bond acceptors (Lipinski definition) is 5. The van der Waals surface area contributed by atoms with Crippen LogP contribution in [0.3, 0.4) is 0 Å². The van der Waals surface area contributed by atoms with Crippen molar-refractivity contribution in [2.75, 3.05) is 20.0 Å². The first-order valence-electron chi connectivity index (χ1n) is 10.7. The number of ether oxygens (including phenoxy) is 2. The average molecular weight is 481 g/mol. The topological polar surface area (TPSA) is 68.7 Å². The van der Waals surface area contributed by atoms with Crippen molar-refractivity contribution in [1.29, 1.82) is 0 Å². The molecule has 0 saturated carbocycles. The van der Waals surface area contributed by atoms with E-state index in [1.807, 2.05) is 30.3 Å². The van der Waals surface area contributed by atoms with E-state index < -0.39 is 16.9 Å². The minimum Gasteiger partial charge on any atom is -0.481 e. The van der Waals surface area contributed by atoms with Gasteiger partial charge in [0.2, 0.25) is 5.88 Å². The van der Waals surface area contributed by atoms with E-state index in [1.54, 1.807) is 40.8 Å². The Hall–Kier alpha value is -3.36. The molecule has 1 aliphatic rings. The molecule has 2 heterocycles. The predicted molar refractivity (Wildman–Crippen MR) is 129 cm³/mol. The number of pyridine rings is 1. The van der Waals surface area contributed by atoms with Crippen LogP contribution in [0, 0.1) is 5.82 Å². The fourth-order valence-corrected chi connectivity index (χ4v) is 4.99. The maximum Gasteiger partial charge on any atom is 0.257 e. The number of methoxy groups -OCH3 is 2. The molecule has 1 aromatic heterocycles. The molecule has 0 bridgehead atoms. The number of carbonyl (C=O) groups excluding carboxylic acids is 1. The number of halogens is 1. The van der Waals surface area contributed by atoms with Gasteiger partial charge in [0.1, 0.15) is 5.82 Å². The van der Waals surface area contributed by atoms with Gasteiger partial charge in [-0.05, 0) is 40.5 Å². The highest BCUT2D eigenvalue weighted by Gasteiger charge is 2.32. The number of nitrogens with zero attached hydrogens (tertiary/aromatic N) is 2. The van der Waals surface area contributed by atoms with Gasteiger partial charge in [0.15, 0.2) is 6.10 Å². The Morgan fingerprint density at radius 2 is 1.79 bits per heavy atom. The molecule has 34 heavy (non-hydrogen) atoms. The molecule has 0 saturated heterocycles. The van der Waals surface area contributed by atoms with Crippen LogP contribution in [-0.2, 0) is 26.9 Å². The molecule has 0 spiro atoms. The maximum absolute atomic E-state index is 13.7. The van der Waals surface area contributed by atoms with Gasteiger partial charge < -0.3 is 14.4 Å². The van der Waals surface area contributed by atoms with E-state index >= 15 is 0 Å². The summed E-state index contributed by atoms with van der Waals surface area (Å²) < 4.78 is 36.1. The molecule has 6 nitrogen and oxygen atoms in total. The second kappa shape index (κ2) is 10.7. The zero-order valence-corrected chi connectivity index (χ0v) is 19.7. The third-order valence-corrected chi connectivity index (χ3v) is 6.81. The van der Waals surface area contributed by atoms with Crippen LogP contribution in [0.25, 0.3) is 11.1 Å². The van der Waals surface area contributed by atoms with Crippen LogP contribution in [0.1, 0.15) is 17.2 Å². The second-order valence-corrected chi connectivity index (χ2v) is 9.23. The molecule has 3 atom stereocenters. The first-order chi connectivity index (χ1) is 16.5. The van der Waals surface area contributed by atoms with Crippen LogP contribution in [0.2, 0.25) is 0 Å². The lowest BCUT2D eigenvalue weighted by Crippen LogP contribution is -2.43. The normalized spacial score (nSPS) is 18.0. The van der Waals surface area contributed by atoms with Crippen molar-refractivity contribution in [3.63, 3.8) is 0 Å². The van der Waals surface area contributed by atoms with Crippen molar-refractivity contribution in [2.45, 2.75) is 18.7 Å². The van der Waals surface area contributed by atoms with Crippen LogP contribution in [0.5, 0.6) is 5.88 Å². The molecule has 3 unspecified atom stereocenters. The third kappa shape index (κ3) is 5.40. The Labute approximate surface area is 200 Å². The van der Waals surface area contributed by atoms with E-state index in [0.29, 0.717) is 17.2 Å². The predicted octanol–water partition coefficient (Wildman–Crippen LogP) is 4.26. The Bertz CT molecular complexity index is 1200. The Kier molecular flexibility index (Phi) is 7.49. The van der Waals surface area contributed by atoms with E-state index in [9.17, 15) is 13.4 Å². The van der Waals surface area contributed by atoms with Gasteiger partial charge in [-0.3, -0.25) is 9.00 Å². The van der Waals surface area contributed by atoms with E-state index in [2.05, 4.69) is 4.98 Å². The Balaban J connectivity index is 1.60. The molecule has 176 valence electrons. The van der Waals surface area contributed by atoms with E-state index in [-0.39, 0.29) is 24.3 Å². The van der Waals surface area contributed by atoms with Gasteiger partial charge in [0, 0.05) is 42.1 Å². The number of aromatic nitrogens is 1. The average Bonchev–Trinajstić information content (AvgIpc) is 3.30. The highest BCUT2D eigenvalue weighted by Crippen LogP contribution is 2.27. The van der Waals surface area contributed by atoms with Crippen molar-refractivity contribution in [1.82, 2.24) is 9.88 Å². The summed E-state index contributed by atoms with van der Waals surface area (Å²) in [5.41, 5.74) is 3.31. The highest BCUT2D eigenvalue weighted by molar-refractivity contribution is 7.88. The standard InChI is InChI=1S/C26H25FN2O4S/c1-32-24-15-18(11-13-28-24)16-29(23-12-14-34(31)17-23)26(30)25(33-2)21-5-3-19(4-6-21)20-7-9-22(27)10-8-20/h3-15,23,25H,16-17H2,1-2H3. The summed E-state index contributed by atoms with van der Waals surface area (Å²) in [5, 5.41) is 1.62. The molecule has 8 heteroatoms. The van der Waals surface area contributed by atoms with E-state index in [4.69, 9.17) is 9.47 Å². The monoisotopic (exact) mass is 480 g/mol. The van der Waals surface area contributed by atoms with E-state index in [1.165, 1.54) is 26.4 Å². The molecular formula is C26H25FN2O4S. The lowest BCUT2D eigenvalue weighted by Gasteiger charge is -2.31. The molecule has 4 rings (SSSR count). The minimum atomic E-state index is -1.12. The van der Waals surface area contributed by atoms with Crippen LogP contribution in [0.15, 0.2) is 78.3 Å². The van der Waals surface area contributed by atoms with Gasteiger partial charge in [0.05, 0.1) is 18.9 Å². The lowest BCUT2D eigenvalue weighted by atomic mass is 10.0. The van der Waals surface area contributed by atoms with E-state index in [0.717, 1.165) is 16.7 Å². The lowest BCUT2D eigenvalue weighted by molar-refractivity contribution is -0.144. The fraction of sp³-hybridized carbons (Fsp3) is 0.231. The van der Waals surface area contributed by atoms with Crippen LogP contribution in [-0.4, -0.2) is 46.0 Å². The SMILES string of the molecule is COc1cc(CN(C(=O)C(OC)c2ccc(-c3ccc(F)cc3)cc2)C2C=CS(=O)C2)ccn1. The van der Waals surface area contributed by atoms with Gasteiger partial charge in [-0.15, -0.1) is 0 Å². The second-order valence-electron chi connectivity index (χ2n) is 7.86. The number of carbonyl (C=O) groups is 1. The van der Waals surface area contributed by atoms with Crippen molar-refractivity contribution < 1.29 is 22.9 Å². The zero-order valence-electron chi connectivity index (χ0n) is 18.9. The molecule has 3 aromatic rings. The minimum absolute atomic E-state index is 0.235. The first kappa shape index (κ1) is 23.8. The smallest absolute Gasteiger partial charge is 0.257 e. The summed E-state index contributed by atoms with van der Waals surface area (Å²) in [6.07, 6.45) is 2.59. The quantitative estimate of drug-likeness (QED) is 0.482. The van der Waals surface area contributed by atoms with Crippen molar-refractivity contribution >= 4 is 16.7 Å². The Morgan fingerprint density at radius 1 is 1.12 bits per heavy atom. The van der Waals surface area contributed by atoms with Gasteiger partial charge in [-0.25, -0.2) is 9.37 Å². The highest BCUT2D eigenvalue weighted by atomic mass is 32.2. The Morgan fingerprint density at radius 3 is 2.38 bits per heavy atom. The largest absolute Gasteiger partial charge is 0.481 e. The summed E-state index contributed by atoms with van der Waals surface area (Å²) >= 11 is 0. The number of hydrogen-bond donors (Lipinski definition) is 0. The zero-order chi connectivity index (χ0) is 24.1. The number of benzene rings is 2. The molecule has 1 aliphatic heterocycles. The van der Waals surface area contributed by atoms with Gasteiger partial charge >= 0.3 is 0 Å². The molecule has 1 amide bonds. The van der Waals surface area contributed by atoms with Crippen LogP contribution < -0.4 is 4.74 Å². The van der Waals surface area contributed by atoms with Crippen molar-refractivity contribution in [3.05, 3.63) is 95.3 Å². The molecular weight excluding hydrogens is 455 g/mol. The fourth-order valence-electron chi connectivity index (χ4n) is 3.89. The van der Waals surface area contributed by atoms with Crippen LogP contribution >= 0.6 is 0 Å². The van der Waals surface area contributed by atoms with Gasteiger partial charge in [0.25, 0.3) is 5.91 Å². The summed E-state index contributed by atoms with van der Waals surface area (Å²) in [6, 6.07) is 16.9. The summed E-state index contributed by atoms with van der Waals surface area (Å²) in [6.45, 7) is 0.289. The number of amides is 1. The number of rotatable bonds is 8. The molecule has 0 fully saturated rings. The molecule has 2 aromatic carbocycles. The van der Waals surface area contributed by atoms with Crippen molar-refractivity contribution in [3.8, 4) is 17.0 Å². The molecule has 0 aliphatic carbocycles. The van der Waals surface area contributed by atoms with Crippen molar-refractivity contribution in [2.24, 2.45) is 0 Å². The summed E-state index contributed by atoms with van der Waals surface area (Å²) in [7, 11) is 1.91. The summed E-state index contributed by atoms with van der Waals surface area (Å²) in [5.74, 6) is 0.268. The maximum atomic E-state index is 13.7. The third-order valence-electron chi connectivity index (χ3n) is 5.68. The van der Waals surface area contributed by atoms with Gasteiger partial charge in [-0.1, -0.05) is 42.5 Å². The molecule has 0 radical (unpaired) electrons. The summed E-state index contributed by atoms with van der Waals surface area (Å²) in [4.78, 5) is 19.5. The molecule has 0 N–H and O–H groups in total. The van der Waals surface area contributed by atoms with Gasteiger partial charge in [-0.2, -0.15) is 0 Å². The van der Waals surface area contributed by atoms with Crippen LogP contribution in [0.4, 0.5) is 4.39 Å².